The number of aryl methyl sites for hydroxylation is 1. The molecule has 3 aromatic carbocycles. The van der Waals surface area contributed by atoms with Gasteiger partial charge in [0.15, 0.2) is 0 Å². The molecule has 3 aromatic rings. The molecule has 0 unspecified atom stereocenters. The van der Waals surface area contributed by atoms with Crippen LogP contribution in [0.15, 0.2) is 42.5 Å². The first-order chi connectivity index (χ1) is 16.8. The number of carbonyl (C=O) groups is 2. The minimum absolute atomic E-state index is 0.0610. The summed E-state index contributed by atoms with van der Waals surface area (Å²) in [6, 6.07) is 9.23. The highest BCUT2D eigenvalue weighted by Gasteiger charge is 2.67. The van der Waals surface area contributed by atoms with Gasteiger partial charge in [-0.1, -0.05) is 40.9 Å². The van der Waals surface area contributed by atoms with Crippen LogP contribution in [0.1, 0.15) is 27.4 Å². The third-order valence-corrected chi connectivity index (χ3v) is 7.92. The van der Waals surface area contributed by atoms with Gasteiger partial charge in [-0.15, -0.1) is 23.2 Å². The molecule has 0 aromatic heterocycles. The summed E-state index contributed by atoms with van der Waals surface area (Å²) in [5, 5.41) is 5.72. The van der Waals surface area contributed by atoms with Crippen molar-refractivity contribution in [3.05, 3.63) is 85.9 Å². The van der Waals surface area contributed by atoms with E-state index in [0.29, 0.717) is 27.2 Å². The van der Waals surface area contributed by atoms with Crippen molar-refractivity contribution in [2.75, 3.05) is 16.4 Å². The van der Waals surface area contributed by atoms with Crippen molar-refractivity contribution in [3.63, 3.8) is 0 Å². The SMILES string of the molecule is Cc1cc(NC(=O)[C@H]2[C@H](c3ccc(Cl)c(Cl)c3)C2(Cl)Cl)cc(C(=O)Nc2cc(N)c(F)cc2F)c1Cl. The minimum atomic E-state index is -1.39. The summed E-state index contributed by atoms with van der Waals surface area (Å²) in [6.45, 7) is 1.62. The predicted octanol–water partition coefficient (Wildman–Crippen LogP) is 7.59. The molecule has 2 amide bonds. The van der Waals surface area contributed by atoms with E-state index >= 15 is 0 Å². The predicted molar refractivity (Wildman–Crippen MR) is 141 cm³/mol. The second-order valence-corrected chi connectivity index (χ2v) is 10.9. The van der Waals surface area contributed by atoms with Gasteiger partial charge >= 0.3 is 0 Å². The summed E-state index contributed by atoms with van der Waals surface area (Å²) in [6.07, 6.45) is 0. The number of hydrogen-bond donors (Lipinski definition) is 3. The average Bonchev–Trinajstić information content (AvgIpc) is 3.38. The second-order valence-electron chi connectivity index (χ2n) is 8.26. The summed E-state index contributed by atoms with van der Waals surface area (Å²) in [7, 11) is 0. The molecule has 5 nitrogen and oxygen atoms in total. The number of hydrogen-bond acceptors (Lipinski definition) is 3. The van der Waals surface area contributed by atoms with Gasteiger partial charge in [0.25, 0.3) is 5.91 Å². The topological polar surface area (TPSA) is 84.2 Å². The first-order valence-electron chi connectivity index (χ1n) is 10.3. The van der Waals surface area contributed by atoms with Crippen LogP contribution in [0.3, 0.4) is 0 Å². The van der Waals surface area contributed by atoms with E-state index in [-0.39, 0.29) is 27.6 Å². The maximum atomic E-state index is 14.1. The molecule has 0 heterocycles. The Morgan fingerprint density at radius 2 is 1.64 bits per heavy atom. The van der Waals surface area contributed by atoms with Crippen LogP contribution in [0.4, 0.5) is 25.8 Å². The lowest BCUT2D eigenvalue weighted by atomic mass is 10.1. The Balaban J connectivity index is 1.56. The summed E-state index contributed by atoms with van der Waals surface area (Å²) in [5.41, 5.74) is 6.05. The minimum Gasteiger partial charge on any atom is -0.396 e. The van der Waals surface area contributed by atoms with Gasteiger partial charge in [-0.3, -0.25) is 9.59 Å². The number of amides is 2. The lowest BCUT2D eigenvalue weighted by Gasteiger charge is -2.13. The van der Waals surface area contributed by atoms with Crippen LogP contribution < -0.4 is 16.4 Å². The third-order valence-electron chi connectivity index (χ3n) is 5.74. The van der Waals surface area contributed by atoms with Crippen molar-refractivity contribution in [3.8, 4) is 0 Å². The number of halogens is 7. The molecular weight excluding hydrogens is 578 g/mol. The summed E-state index contributed by atoms with van der Waals surface area (Å²) in [4.78, 5) is 25.9. The zero-order chi connectivity index (χ0) is 26.5. The van der Waals surface area contributed by atoms with Gasteiger partial charge in [-0.2, -0.15) is 0 Å². The Morgan fingerprint density at radius 1 is 0.944 bits per heavy atom. The lowest BCUT2D eigenvalue weighted by molar-refractivity contribution is -0.117. The Kier molecular flexibility index (Phi) is 7.34. The lowest BCUT2D eigenvalue weighted by Crippen LogP contribution is -2.19. The highest BCUT2D eigenvalue weighted by atomic mass is 35.5. The zero-order valence-electron chi connectivity index (χ0n) is 18.2. The van der Waals surface area contributed by atoms with Crippen LogP contribution >= 0.6 is 58.0 Å². The van der Waals surface area contributed by atoms with E-state index in [9.17, 15) is 18.4 Å². The molecule has 2 atom stereocenters. The number of benzene rings is 3. The maximum absolute atomic E-state index is 14.1. The average molecular weight is 594 g/mol. The van der Waals surface area contributed by atoms with E-state index in [1.807, 2.05) is 0 Å². The Bertz CT molecular complexity index is 1420. The van der Waals surface area contributed by atoms with Gasteiger partial charge in [-0.25, -0.2) is 8.78 Å². The number of nitrogen functional groups attached to an aromatic ring is 1. The number of nitrogens with one attached hydrogen (secondary N) is 2. The fourth-order valence-electron chi connectivity index (χ4n) is 3.85. The molecule has 1 aliphatic rings. The van der Waals surface area contributed by atoms with Crippen molar-refractivity contribution in [1.29, 1.82) is 0 Å². The normalized spacial score (nSPS) is 18.0. The largest absolute Gasteiger partial charge is 0.396 e. The molecule has 4 N–H and O–H groups in total. The Hall–Kier alpha value is -2.29. The van der Waals surface area contributed by atoms with Gasteiger partial charge in [0, 0.05) is 17.7 Å². The molecule has 0 bridgehead atoms. The summed E-state index contributed by atoms with van der Waals surface area (Å²) < 4.78 is 26.1. The van der Waals surface area contributed by atoms with Gasteiger partial charge in [-0.05, 0) is 48.4 Å². The molecule has 12 heteroatoms. The molecular formula is C24H16Cl5F2N3O2. The van der Waals surface area contributed by atoms with Gasteiger partial charge in [0.2, 0.25) is 5.91 Å². The molecule has 1 aliphatic carbocycles. The fourth-order valence-corrected chi connectivity index (χ4v) is 5.18. The van der Waals surface area contributed by atoms with Gasteiger partial charge < -0.3 is 16.4 Å². The molecule has 4 rings (SSSR count). The van der Waals surface area contributed by atoms with E-state index in [4.69, 9.17) is 63.7 Å². The number of nitrogens with two attached hydrogens (primary N) is 1. The Labute approximate surface area is 229 Å². The molecule has 188 valence electrons. The third kappa shape index (κ3) is 5.08. The molecule has 0 spiro atoms. The summed E-state index contributed by atoms with van der Waals surface area (Å²) >= 11 is 31.1. The fraction of sp³-hybridized carbons (Fsp3) is 0.167. The quantitative estimate of drug-likeness (QED) is 0.211. The van der Waals surface area contributed by atoms with Crippen LogP contribution in [0.2, 0.25) is 15.1 Å². The van der Waals surface area contributed by atoms with E-state index < -0.39 is 39.6 Å². The number of rotatable bonds is 5. The number of anilines is 3. The molecule has 0 radical (unpaired) electrons. The van der Waals surface area contributed by atoms with Crippen LogP contribution in [-0.4, -0.2) is 16.1 Å². The van der Waals surface area contributed by atoms with E-state index in [1.165, 1.54) is 6.07 Å². The van der Waals surface area contributed by atoms with E-state index in [2.05, 4.69) is 10.6 Å². The first kappa shape index (κ1) is 26.8. The number of alkyl halides is 2. The molecule has 36 heavy (non-hydrogen) atoms. The molecule has 1 saturated carbocycles. The molecule has 1 fully saturated rings. The van der Waals surface area contributed by atoms with Crippen LogP contribution in [0, 0.1) is 24.5 Å². The van der Waals surface area contributed by atoms with Crippen molar-refractivity contribution in [2.45, 2.75) is 17.2 Å². The van der Waals surface area contributed by atoms with E-state index in [1.54, 1.807) is 31.2 Å². The smallest absolute Gasteiger partial charge is 0.257 e. The first-order valence-corrected chi connectivity index (χ1v) is 12.2. The highest BCUT2D eigenvalue weighted by molar-refractivity contribution is 6.53. The van der Waals surface area contributed by atoms with Crippen molar-refractivity contribution in [1.82, 2.24) is 0 Å². The van der Waals surface area contributed by atoms with Crippen molar-refractivity contribution < 1.29 is 18.4 Å². The maximum Gasteiger partial charge on any atom is 0.257 e. The zero-order valence-corrected chi connectivity index (χ0v) is 22.0. The van der Waals surface area contributed by atoms with Crippen molar-refractivity contribution >= 4 is 86.9 Å². The molecule has 0 saturated heterocycles. The standard InChI is InChI=1S/C24H16Cl5F2N3O2/c1-9-4-11(6-12(21(9)27)22(35)34-18-8-17(32)15(30)7-16(18)31)33-23(36)20-19(24(20,28)29)10-2-3-13(25)14(26)5-10/h2-8,19-20H,32H2,1H3,(H,33,36)(H,34,35)/t19-,20+/m0/s1. The monoisotopic (exact) mass is 591 g/mol. The second kappa shape index (κ2) is 9.88. The Morgan fingerprint density at radius 3 is 2.31 bits per heavy atom. The van der Waals surface area contributed by atoms with Crippen LogP contribution in [0.25, 0.3) is 0 Å². The highest BCUT2D eigenvalue weighted by Crippen LogP contribution is 2.65. The van der Waals surface area contributed by atoms with Crippen molar-refractivity contribution in [2.24, 2.45) is 5.92 Å². The van der Waals surface area contributed by atoms with E-state index in [0.717, 1.165) is 6.07 Å². The number of carbonyl (C=O) groups excluding carboxylic acids is 2. The molecule has 0 aliphatic heterocycles. The summed E-state index contributed by atoms with van der Waals surface area (Å²) in [5.74, 6) is -4.64. The van der Waals surface area contributed by atoms with Crippen LogP contribution in [0.5, 0.6) is 0 Å². The van der Waals surface area contributed by atoms with Gasteiger partial charge in [0.05, 0.1) is 37.9 Å². The van der Waals surface area contributed by atoms with Crippen LogP contribution in [-0.2, 0) is 4.79 Å². The van der Waals surface area contributed by atoms with Gasteiger partial charge in [0.1, 0.15) is 16.0 Å².